The van der Waals surface area contributed by atoms with E-state index in [1.54, 1.807) is 0 Å². The van der Waals surface area contributed by atoms with Gasteiger partial charge in [0, 0.05) is 33.2 Å². The SMILES string of the molecule is c1ccc(-c2ccc(N(c3ccccc3)c3ccc(-c4ccc5c(c4)c4oc6ccccc6c4n5-c4cccc5ccccc45)cc3)cc2)cc1. The van der Waals surface area contributed by atoms with E-state index in [9.17, 15) is 0 Å². The molecule has 3 nitrogen and oxygen atoms in total. The number of benzene rings is 8. The van der Waals surface area contributed by atoms with Crippen molar-refractivity contribution in [1.29, 1.82) is 0 Å². The van der Waals surface area contributed by atoms with Crippen LogP contribution in [0.5, 0.6) is 0 Å². The van der Waals surface area contributed by atoms with Crippen LogP contribution in [0, 0.1) is 0 Å². The molecule has 0 unspecified atom stereocenters. The van der Waals surface area contributed by atoms with Crippen molar-refractivity contribution in [1.82, 2.24) is 4.57 Å². The fourth-order valence-electron chi connectivity index (χ4n) is 7.56. The van der Waals surface area contributed by atoms with Gasteiger partial charge in [0.1, 0.15) is 11.1 Å². The van der Waals surface area contributed by atoms with Gasteiger partial charge < -0.3 is 13.9 Å². The highest BCUT2D eigenvalue weighted by Gasteiger charge is 2.21. The summed E-state index contributed by atoms with van der Waals surface area (Å²) in [6.07, 6.45) is 0. The van der Waals surface area contributed by atoms with Crippen LogP contribution in [0.15, 0.2) is 199 Å². The molecule has 51 heavy (non-hydrogen) atoms. The third-order valence-electron chi connectivity index (χ3n) is 9.99. The number of hydrogen-bond acceptors (Lipinski definition) is 2. The maximum absolute atomic E-state index is 6.63. The molecule has 0 aliphatic heterocycles. The third-order valence-corrected chi connectivity index (χ3v) is 9.99. The first kappa shape index (κ1) is 29.1. The fourth-order valence-corrected chi connectivity index (χ4v) is 7.56. The molecular formula is C48H32N2O. The first-order valence-electron chi connectivity index (χ1n) is 17.4. The largest absolute Gasteiger partial charge is 0.454 e. The van der Waals surface area contributed by atoms with Crippen molar-refractivity contribution in [3.8, 4) is 27.9 Å². The normalized spacial score (nSPS) is 11.5. The summed E-state index contributed by atoms with van der Waals surface area (Å²) in [5.41, 5.74) is 13.2. The second-order valence-electron chi connectivity index (χ2n) is 13.0. The average molecular weight is 653 g/mol. The van der Waals surface area contributed by atoms with Crippen LogP contribution in [-0.4, -0.2) is 4.57 Å². The van der Waals surface area contributed by atoms with Crippen LogP contribution in [-0.2, 0) is 0 Å². The zero-order valence-corrected chi connectivity index (χ0v) is 27.8. The Bertz CT molecular complexity index is 2820. The van der Waals surface area contributed by atoms with Gasteiger partial charge in [0.2, 0.25) is 0 Å². The van der Waals surface area contributed by atoms with Crippen LogP contribution < -0.4 is 4.90 Å². The summed E-state index contributed by atoms with van der Waals surface area (Å²) in [5, 5.41) is 4.63. The lowest BCUT2D eigenvalue weighted by Gasteiger charge is -2.26. The van der Waals surface area contributed by atoms with E-state index in [1.165, 1.54) is 21.9 Å². The molecule has 0 N–H and O–H groups in total. The Morgan fingerprint density at radius 3 is 1.69 bits per heavy atom. The lowest BCUT2D eigenvalue weighted by Crippen LogP contribution is -2.09. The minimum absolute atomic E-state index is 0.894. The van der Waals surface area contributed by atoms with E-state index in [0.717, 1.165) is 66.8 Å². The Morgan fingerprint density at radius 2 is 0.941 bits per heavy atom. The van der Waals surface area contributed by atoms with Gasteiger partial charge in [0.15, 0.2) is 5.58 Å². The fraction of sp³-hybridized carbons (Fsp3) is 0. The average Bonchev–Trinajstić information content (AvgIpc) is 3.74. The molecule has 0 atom stereocenters. The minimum atomic E-state index is 0.894. The zero-order chi connectivity index (χ0) is 33.7. The zero-order valence-electron chi connectivity index (χ0n) is 27.8. The van der Waals surface area contributed by atoms with Gasteiger partial charge in [0.25, 0.3) is 0 Å². The van der Waals surface area contributed by atoms with Crippen LogP contribution in [0.3, 0.4) is 0 Å². The van der Waals surface area contributed by atoms with Crippen molar-refractivity contribution in [3.63, 3.8) is 0 Å². The van der Waals surface area contributed by atoms with Crippen molar-refractivity contribution < 1.29 is 4.42 Å². The number of hydrogen-bond donors (Lipinski definition) is 0. The van der Waals surface area contributed by atoms with E-state index >= 15 is 0 Å². The predicted molar refractivity (Wildman–Crippen MR) is 214 cm³/mol. The van der Waals surface area contributed by atoms with E-state index in [4.69, 9.17) is 4.42 Å². The molecule has 3 heteroatoms. The first-order valence-corrected chi connectivity index (χ1v) is 17.4. The molecule has 2 heterocycles. The van der Waals surface area contributed by atoms with Crippen molar-refractivity contribution in [2.24, 2.45) is 0 Å². The number of aromatic nitrogens is 1. The molecule has 0 aliphatic carbocycles. The van der Waals surface area contributed by atoms with E-state index < -0.39 is 0 Å². The second kappa shape index (κ2) is 11.9. The van der Waals surface area contributed by atoms with Crippen LogP contribution in [0.25, 0.3) is 71.7 Å². The summed E-state index contributed by atoms with van der Waals surface area (Å²) in [7, 11) is 0. The predicted octanol–water partition coefficient (Wildman–Crippen LogP) is 13.5. The smallest absolute Gasteiger partial charge is 0.161 e. The molecule has 8 aromatic carbocycles. The highest BCUT2D eigenvalue weighted by Crippen LogP contribution is 2.42. The number of rotatable bonds is 6. The first-order chi connectivity index (χ1) is 25.3. The van der Waals surface area contributed by atoms with Crippen molar-refractivity contribution in [2.75, 3.05) is 4.90 Å². The van der Waals surface area contributed by atoms with E-state index in [2.05, 4.69) is 198 Å². The second-order valence-corrected chi connectivity index (χ2v) is 13.0. The molecule has 0 amide bonds. The van der Waals surface area contributed by atoms with Crippen molar-refractivity contribution >= 4 is 60.8 Å². The van der Waals surface area contributed by atoms with Gasteiger partial charge in [-0.25, -0.2) is 0 Å². The molecule has 240 valence electrons. The number of para-hydroxylation sites is 2. The molecule has 0 aliphatic rings. The van der Waals surface area contributed by atoms with Gasteiger partial charge >= 0.3 is 0 Å². The summed E-state index contributed by atoms with van der Waals surface area (Å²) in [5.74, 6) is 0. The quantitative estimate of drug-likeness (QED) is 0.178. The Balaban J connectivity index is 1.08. The number of furan rings is 1. The maximum Gasteiger partial charge on any atom is 0.161 e. The highest BCUT2D eigenvalue weighted by molar-refractivity contribution is 6.18. The molecule has 0 saturated carbocycles. The lowest BCUT2D eigenvalue weighted by molar-refractivity contribution is 0.673. The highest BCUT2D eigenvalue weighted by atomic mass is 16.3. The van der Waals surface area contributed by atoms with Crippen LogP contribution >= 0.6 is 0 Å². The summed E-state index contributed by atoms with van der Waals surface area (Å²) in [6, 6.07) is 69.0. The molecule has 0 spiro atoms. The van der Waals surface area contributed by atoms with Crippen LogP contribution in [0.1, 0.15) is 0 Å². The van der Waals surface area contributed by atoms with Gasteiger partial charge in [0.05, 0.1) is 11.2 Å². The van der Waals surface area contributed by atoms with Gasteiger partial charge in [-0.1, -0.05) is 127 Å². The monoisotopic (exact) mass is 652 g/mol. The van der Waals surface area contributed by atoms with E-state index in [1.807, 2.05) is 6.07 Å². The standard InChI is InChI=1S/C48H32N2O/c1-3-12-33(13-4-1)34-22-27-39(28-23-34)49(38-16-5-2-6-17-38)40-29-24-35(25-30-40)37-26-31-45-43(32-37)48-47(42-19-9-10-21-46(42)51-48)50(45)44-20-11-15-36-14-7-8-18-41(36)44/h1-32H. The maximum atomic E-state index is 6.63. The number of anilines is 3. The van der Waals surface area contributed by atoms with Crippen LogP contribution in [0.2, 0.25) is 0 Å². The minimum Gasteiger partial charge on any atom is -0.454 e. The van der Waals surface area contributed by atoms with Gasteiger partial charge in [-0.05, 0) is 94.4 Å². The van der Waals surface area contributed by atoms with Gasteiger partial charge in [-0.15, -0.1) is 0 Å². The summed E-state index contributed by atoms with van der Waals surface area (Å²) in [4.78, 5) is 2.31. The Labute approximate surface area is 295 Å². The summed E-state index contributed by atoms with van der Waals surface area (Å²) in [6.45, 7) is 0. The van der Waals surface area contributed by atoms with E-state index in [0.29, 0.717) is 0 Å². The van der Waals surface area contributed by atoms with Gasteiger partial charge in [-0.3, -0.25) is 0 Å². The molecular weight excluding hydrogens is 621 g/mol. The van der Waals surface area contributed by atoms with Crippen LogP contribution in [0.4, 0.5) is 17.1 Å². The lowest BCUT2D eigenvalue weighted by atomic mass is 10.0. The molecule has 10 rings (SSSR count). The molecule has 2 aromatic heterocycles. The molecule has 0 bridgehead atoms. The Hall–Kier alpha value is -6.84. The Morgan fingerprint density at radius 1 is 0.392 bits per heavy atom. The summed E-state index contributed by atoms with van der Waals surface area (Å²) < 4.78 is 9.01. The van der Waals surface area contributed by atoms with Crippen molar-refractivity contribution in [3.05, 3.63) is 194 Å². The van der Waals surface area contributed by atoms with E-state index in [-0.39, 0.29) is 0 Å². The molecule has 0 radical (unpaired) electrons. The molecule has 10 aromatic rings. The Kier molecular flexibility index (Phi) is 6.81. The third kappa shape index (κ3) is 4.90. The topological polar surface area (TPSA) is 21.3 Å². The molecule has 0 fully saturated rings. The van der Waals surface area contributed by atoms with Crippen molar-refractivity contribution in [2.45, 2.75) is 0 Å². The summed E-state index contributed by atoms with van der Waals surface area (Å²) >= 11 is 0. The van der Waals surface area contributed by atoms with Gasteiger partial charge in [-0.2, -0.15) is 0 Å². The number of fused-ring (bicyclic) bond motifs is 6. The number of nitrogens with zero attached hydrogens (tertiary/aromatic N) is 2. The molecule has 0 saturated heterocycles.